The van der Waals surface area contributed by atoms with E-state index in [1.807, 2.05) is 20.8 Å². The minimum atomic E-state index is -0.252. The number of hydrogen-bond acceptors (Lipinski definition) is 3. The van der Waals surface area contributed by atoms with Crippen molar-refractivity contribution in [3.8, 4) is 0 Å². The number of hydrogen-bond donors (Lipinski definition) is 0. The Morgan fingerprint density at radius 2 is 1.52 bits per heavy atom. The number of rotatable bonds is 6. The fraction of sp³-hybridized carbons (Fsp3) is 0.789. The molecular formula is C19H36O2SY-2. The summed E-state index contributed by atoms with van der Waals surface area (Å²) in [5.74, 6) is 0.197. The molecule has 0 saturated heterocycles. The molecule has 0 amide bonds. The molecule has 0 aliphatic heterocycles. The molecule has 2 nitrogen and oxygen atoms in total. The summed E-state index contributed by atoms with van der Waals surface area (Å²) < 4.78 is 0. The monoisotopic (exact) mass is 417 g/mol. The first-order valence-electron chi connectivity index (χ1n) is 8.17. The van der Waals surface area contributed by atoms with Gasteiger partial charge in [0.15, 0.2) is 5.12 Å². The second-order valence-electron chi connectivity index (χ2n) is 8.05. The minimum absolute atomic E-state index is 0. The van der Waals surface area contributed by atoms with E-state index in [2.05, 4.69) is 40.9 Å². The van der Waals surface area contributed by atoms with Crippen molar-refractivity contribution in [3.05, 3.63) is 13.2 Å². The fourth-order valence-electron chi connectivity index (χ4n) is 2.04. The molecule has 0 aliphatic rings. The van der Waals surface area contributed by atoms with E-state index in [0.29, 0.717) is 6.42 Å². The molecule has 135 valence electrons. The van der Waals surface area contributed by atoms with Crippen LogP contribution in [0.4, 0.5) is 0 Å². The van der Waals surface area contributed by atoms with Crippen molar-refractivity contribution in [3.63, 3.8) is 0 Å². The smallest absolute Gasteiger partial charge is 0.157 e. The summed E-state index contributed by atoms with van der Waals surface area (Å²) in [5, 5.41) is 0.212. The molecule has 4 heteroatoms. The molecule has 0 N–H and O–H groups in total. The van der Waals surface area contributed by atoms with Crippen LogP contribution in [0.3, 0.4) is 0 Å². The molecule has 23 heavy (non-hydrogen) atoms. The predicted molar refractivity (Wildman–Crippen MR) is 99.5 cm³/mol. The van der Waals surface area contributed by atoms with E-state index in [-0.39, 0.29) is 60.4 Å². The molecule has 0 fully saturated rings. The van der Waals surface area contributed by atoms with E-state index in [4.69, 9.17) is 0 Å². The third kappa shape index (κ3) is 19.0. The van der Waals surface area contributed by atoms with E-state index in [1.165, 1.54) is 6.42 Å². The van der Waals surface area contributed by atoms with Crippen molar-refractivity contribution < 1.29 is 42.3 Å². The topological polar surface area (TPSA) is 34.1 Å². The van der Waals surface area contributed by atoms with E-state index in [0.717, 1.165) is 31.0 Å². The Bertz CT molecular complexity index is 327. The second kappa shape index (κ2) is 14.0. The van der Waals surface area contributed by atoms with Crippen molar-refractivity contribution >= 4 is 22.7 Å². The van der Waals surface area contributed by atoms with Crippen LogP contribution in [0, 0.1) is 29.9 Å². The van der Waals surface area contributed by atoms with Crippen LogP contribution >= 0.6 is 11.8 Å². The molecule has 0 heterocycles. The first-order chi connectivity index (χ1) is 9.85. The quantitative estimate of drug-likeness (QED) is 0.387. The number of Topliss-reactive ketones (excluding diaryl/α,β-unsaturated/α-hetero) is 1. The maximum atomic E-state index is 11.8. The van der Waals surface area contributed by atoms with Gasteiger partial charge in [-0.05, 0) is 11.8 Å². The average molecular weight is 417 g/mol. The number of thioether (sulfide) groups is 1. The van der Waals surface area contributed by atoms with Crippen molar-refractivity contribution in [1.82, 2.24) is 0 Å². The van der Waals surface area contributed by atoms with Gasteiger partial charge in [-0.2, -0.15) is 0 Å². The number of carbonyl (C=O) groups excluding carboxylic acids is 2. The zero-order chi connectivity index (χ0) is 18.0. The minimum Gasteiger partial charge on any atom is -0.333 e. The van der Waals surface area contributed by atoms with Crippen LogP contribution in [0.25, 0.3) is 0 Å². The van der Waals surface area contributed by atoms with Crippen LogP contribution in [0.5, 0.6) is 0 Å². The maximum absolute atomic E-state index is 11.8. The molecule has 0 aromatic rings. The SMILES string of the molecule is [CH2-]C(CC(C)(C)C)C(=O)C(C)(C)C.[CH2-]SC(=O)CCCCC.[Y]. The maximum Gasteiger partial charge on any atom is 0.157 e. The van der Waals surface area contributed by atoms with Crippen LogP contribution < -0.4 is 0 Å². The standard InChI is InChI=1S/C12H23O.C7H13OS.Y/c1-9(8-11(2,3)4)10(13)12(5,6)7;1-3-4-5-6-7(8)9-2;/h9H,1,8H2,2-7H3;2-6H2,1H3;/q2*-1;. The van der Waals surface area contributed by atoms with Gasteiger partial charge in [-0.3, -0.25) is 22.8 Å². The molecule has 1 radical (unpaired) electrons. The molecule has 1 unspecified atom stereocenters. The largest absolute Gasteiger partial charge is 0.333 e. The summed E-state index contributed by atoms with van der Waals surface area (Å²) in [5.41, 5.74) is -0.0645. The summed E-state index contributed by atoms with van der Waals surface area (Å²) in [7, 11) is 0. The Morgan fingerprint density at radius 1 is 1.04 bits per heavy atom. The molecular weight excluding hydrogens is 381 g/mol. The number of carbonyl (C=O) groups is 2. The first-order valence-corrected chi connectivity index (χ1v) is 9.16. The Labute approximate surface area is 174 Å². The zero-order valence-electron chi connectivity index (χ0n) is 16.3. The van der Waals surface area contributed by atoms with Crippen molar-refractivity contribution in [2.45, 2.75) is 80.6 Å². The molecule has 0 aromatic carbocycles. The fourth-order valence-corrected chi connectivity index (χ4v) is 2.32. The van der Waals surface area contributed by atoms with E-state index in [9.17, 15) is 9.59 Å². The van der Waals surface area contributed by atoms with Gasteiger partial charge in [-0.15, -0.1) is 5.92 Å². The van der Waals surface area contributed by atoms with Crippen LogP contribution in [-0.2, 0) is 42.3 Å². The Hall–Kier alpha value is 0.794. The van der Waals surface area contributed by atoms with Crippen LogP contribution in [0.2, 0.25) is 0 Å². The molecule has 0 spiro atoms. The van der Waals surface area contributed by atoms with Gasteiger partial charge in [0.1, 0.15) is 5.78 Å². The van der Waals surface area contributed by atoms with Gasteiger partial charge in [-0.25, -0.2) is 0 Å². The van der Waals surface area contributed by atoms with Crippen molar-refractivity contribution in [2.75, 3.05) is 0 Å². The van der Waals surface area contributed by atoms with Crippen LogP contribution in [0.15, 0.2) is 0 Å². The second-order valence-corrected chi connectivity index (χ2v) is 8.79. The van der Waals surface area contributed by atoms with E-state index < -0.39 is 0 Å². The van der Waals surface area contributed by atoms with Gasteiger partial charge in [0, 0.05) is 44.5 Å². The van der Waals surface area contributed by atoms with Gasteiger partial charge in [0.25, 0.3) is 0 Å². The third-order valence-corrected chi connectivity index (χ3v) is 3.64. The summed E-state index contributed by atoms with van der Waals surface area (Å²) >= 11 is 1.09. The van der Waals surface area contributed by atoms with E-state index in [1.54, 1.807) is 0 Å². The zero-order valence-corrected chi connectivity index (χ0v) is 20.0. The Balaban J connectivity index is -0.000000354. The average Bonchev–Trinajstić information content (AvgIpc) is 2.35. The Kier molecular flexibility index (Phi) is 17.4. The molecule has 0 aromatic heterocycles. The molecule has 0 bridgehead atoms. The van der Waals surface area contributed by atoms with Gasteiger partial charge in [-0.1, -0.05) is 67.7 Å². The summed E-state index contributed by atoms with van der Waals surface area (Å²) in [6, 6.07) is 0. The van der Waals surface area contributed by atoms with Crippen LogP contribution in [0.1, 0.15) is 80.6 Å². The van der Waals surface area contributed by atoms with Crippen LogP contribution in [-0.4, -0.2) is 10.9 Å². The molecule has 1 atom stereocenters. The normalized spacial score (nSPS) is 12.6. The summed E-state index contributed by atoms with van der Waals surface area (Å²) in [6.45, 7) is 18.4. The third-order valence-electron chi connectivity index (χ3n) is 3.11. The first kappa shape index (κ1) is 28.6. The molecule has 0 rings (SSSR count). The van der Waals surface area contributed by atoms with Crippen molar-refractivity contribution in [2.24, 2.45) is 16.7 Å². The number of ketones is 1. The summed E-state index contributed by atoms with van der Waals surface area (Å²) in [6.07, 6.45) is 8.35. The van der Waals surface area contributed by atoms with Gasteiger partial charge >= 0.3 is 0 Å². The molecule has 0 aliphatic carbocycles. The van der Waals surface area contributed by atoms with Gasteiger partial charge in [0.05, 0.1) is 0 Å². The van der Waals surface area contributed by atoms with Gasteiger partial charge in [0.2, 0.25) is 0 Å². The number of unbranched alkanes of at least 4 members (excludes halogenated alkanes) is 2. The molecule has 0 saturated carbocycles. The Morgan fingerprint density at radius 3 is 1.83 bits per heavy atom. The predicted octanol–water partition coefficient (Wildman–Crippen LogP) is 6.10. The van der Waals surface area contributed by atoms with Gasteiger partial charge < -0.3 is 11.7 Å². The van der Waals surface area contributed by atoms with Crippen molar-refractivity contribution in [1.29, 1.82) is 0 Å². The van der Waals surface area contributed by atoms with E-state index >= 15 is 0 Å². The summed E-state index contributed by atoms with van der Waals surface area (Å²) in [4.78, 5) is 22.4.